The molecule has 2 heteroatoms. The van der Waals surface area contributed by atoms with Gasteiger partial charge < -0.3 is 4.42 Å². The third kappa shape index (κ3) is 2.39. The smallest absolute Gasteiger partial charge is 0.334 e. The van der Waals surface area contributed by atoms with Crippen LogP contribution in [0, 0.1) is 0 Å². The molecule has 0 saturated carbocycles. The molecular formula is C6H12NO+. The summed E-state index contributed by atoms with van der Waals surface area (Å²) in [6.07, 6.45) is 5.08. The second kappa shape index (κ2) is 4.37. The van der Waals surface area contributed by atoms with Crippen LogP contribution in [-0.2, 0) is 7.05 Å². The average Bonchev–Trinajstić information content (AvgIpc) is 2.24. The Kier molecular flexibility index (Phi) is 3.94. The Morgan fingerprint density at radius 1 is 1.38 bits per heavy atom. The topological polar surface area (TPSA) is 17.0 Å². The van der Waals surface area contributed by atoms with Crippen LogP contribution in [0.15, 0.2) is 23.3 Å². The summed E-state index contributed by atoms with van der Waals surface area (Å²) in [7, 11) is 1.91. The van der Waals surface area contributed by atoms with E-state index in [1.807, 2.05) is 31.7 Å². The lowest BCUT2D eigenvalue weighted by Gasteiger charge is -1.60. The molecule has 0 atom stereocenters. The predicted octanol–water partition coefficient (Wildman–Crippen LogP) is 1.13. The molecule has 8 heavy (non-hydrogen) atoms. The minimum absolute atomic E-state index is 1.62. The highest BCUT2D eigenvalue weighted by Crippen LogP contribution is 1.69. The fraction of sp³-hybridized carbons (Fsp3) is 0.500. The normalized spacial score (nSPS) is 7.38. The monoisotopic (exact) mass is 114 g/mol. The summed E-state index contributed by atoms with van der Waals surface area (Å²) in [5.74, 6) is 0. The second-order valence-electron chi connectivity index (χ2n) is 1.19. The van der Waals surface area contributed by atoms with Gasteiger partial charge in [-0.2, -0.15) is 4.57 Å². The standard InChI is InChI=1S/C4H6NO.C2H6/c1-5-2-3-6-4-5;1-2/h2-4H,1H3;1-2H3/q+1;. The number of aromatic nitrogens is 1. The SMILES string of the molecule is CC.C[n+]1ccoc1. The van der Waals surface area contributed by atoms with Crippen LogP contribution in [0.2, 0.25) is 0 Å². The van der Waals surface area contributed by atoms with Crippen LogP contribution in [0.4, 0.5) is 0 Å². The van der Waals surface area contributed by atoms with Gasteiger partial charge in [-0.3, -0.25) is 0 Å². The van der Waals surface area contributed by atoms with Crippen molar-refractivity contribution in [3.63, 3.8) is 0 Å². The van der Waals surface area contributed by atoms with Crippen LogP contribution < -0.4 is 4.57 Å². The highest BCUT2D eigenvalue weighted by atomic mass is 16.3. The Morgan fingerprint density at radius 2 is 2.00 bits per heavy atom. The van der Waals surface area contributed by atoms with Crippen molar-refractivity contribution in [2.45, 2.75) is 13.8 Å². The zero-order valence-electron chi connectivity index (χ0n) is 5.59. The highest BCUT2D eigenvalue weighted by molar-refractivity contribution is 4.44. The summed E-state index contributed by atoms with van der Waals surface area (Å²) < 4.78 is 6.51. The van der Waals surface area contributed by atoms with Crippen molar-refractivity contribution in [3.8, 4) is 0 Å². The van der Waals surface area contributed by atoms with E-state index in [1.54, 1.807) is 12.7 Å². The Morgan fingerprint density at radius 3 is 2.12 bits per heavy atom. The first-order valence-electron chi connectivity index (χ1n) is 2.77. The minimum atomic E-state index is 1.62. The van der Waals surface area contributed by atoms with Crippen LogP contribution in [0.1, 0.15) is 13.8 Å². The van der Waals surface area contributed by atoms with Crippen molar-refractivity contribution in [1.29, 1.82) is 0 Å². The number of hydrogen-bond acceptors (Lipinski definition) is 1. The van der Waals surface area contributed by atoms with E-state index in [2.05, 4.69) is 4.42 Å². The van der Waals surface area contributed by atoms with Crippen molar-refractivity contribution in [2.75, 3.05) is 0 Å². The van der Waals surface area contributed by atoms with Gasteiger partial charge >= 0.3 is 6.39 Å². The maximum Gasteiger partial charge on any atom is 0.334 e. The van der Waals surface area contributed by atoms with Gasteiger partial charge in [-0.15, -0.1) is 0 Å². The van der Waals surface area contributed by atoms with Crippen molar-refractivity contribution in [3.05, 3.63) is 18.9 Å². The lowest BCUT2D eigenvalue weighted by Crippen LogP contribution is -2.22. The van der Waals surface area contributed by atoms with Crippen LogP contribution in [-0.4, -0.2) is 0 Å². The summed E-state index contributed by atoms with van der Waals surface area (Å²) in [4.78, 5) is 0. The van der Waals surface area contributed by atoms with Gasteiger partial charge in [-0.05, 0) is 0 Å². The van der Waals surface area contributed by atoms with E-state index in [0.29, 0.717) is 0 Å². The summed E-state index contributed by atoms with van der Waals surface area (Å²) in [6.45, 7) is 4.00. The second-order valence-corrected chi connectivity index (χ2v) is 1.19. The van der Waals surface area contributed by atoms with Crippen molar-refractivity contribution >= 4 is 0 Å². The van der Waals surface area contributed by atoms with E-state index < -0.39 is 0 Å². The number of oxazole rings is 1. The molecule has 1 rings (SSSR count). The van der Waals surface area contributed by atoms with Gasteiger partial charge in [0.15, 0.2) is 6.26 Å². The molecule has 0 aliphatic carbocycles. The van der Waals surface area contributed by atoms with E-state index in [0.717, 1.165) is 0 Å². The van der Waals surface area contributed by atoms with E-state index in [9.17, 15) is 0 Å². The molecule has 1 heterocycles. The van der Waals surface area contributed by atoms with Crippen molar-refractivity contribution in [2.24, 2.45) is 7.05 Å². The molecule has 1 aromatic rings. The molecule has 0 N–H and O–H groups in total. The summed E-state index contributed by atoms with van der Waals surface area (Å²) >= 11 is 0. The first-order chi connectivity index (χ1) is 3.89. The first kappa shape index (κ1) is 7.21. The number of hydrogen-bond donors (Lipinski definition) is 0. The number of rotatable bonds is 0. The van der Waals surface area contributed by atoms with Crippen LogP contribution in [0.3, 0.4) is 0 Å². The lowest BCUT2D eigenvalue weighted by atomic mass is 10.9. The third-order valence-corrected chi connectivity index (χ3v) is 0.602. The molecule has 1 aromatic heterocycles. The molecule has 0 amide bonds. The zero-order valence-corrected chi connectivity index (χ0v) is 5.59. The Bertz CT molecular complexity index is 112. The summed E-state index contributed by atoms with van der Waals surface area (Å²) in [5.41, 5.74) is 0. The number of nitrogens with zero attached hydrogens (tertiary/aromatic N) is 1. The molecule has 2 nitrogen and oxygen atoms in total. The Labute approximate surface area is 49.8 Å². The predicted molar refractivity (Wildman–Crippen MR) is 31.2 cm³/mol. The maximum atomic E-state index is 4.68. The van der Waals surface area contributed by atoms with Gasteiger partial charge in [0.25, 0.3) is 0 Å². The average molecular weight is 114 g/mol. The van der Waals surface area contributed by atoms with Crippen LogP contribution in [0.25, 0.3) is 0 Å². The largest absolute Gasteiger partial charge is 0.412 e. The van der Waals surface area contributed by atoms with E-state index >= 15 is 0 Å². The van der Waals surface area contributed by atoms with Crippen LogP contribution in [0.5, 0.6) is 0 Å². The fourth-order valence-corrected chi connectivity index (χ4v) is 0.297. The van der Waals surface area contributed by atoms with Gasteiger partial charge in [0.05, 0.1) is 0 Å². The lowest BCUT2D eigenvalue weighted by molar-refractivity contribution is -0.674. The highest BCUT2D eigenvalue weighted by Gasteiger charge is 1.83. The van der Waals surface area contributed by atoms with E-state index in [1.165, 1.54) is 0 Å². The summed E-state index contributed by atoms with van der Waals surface area (Å²) in [5, 5.41) is 0. The molecule has 46 valence electrons. The number of aryl methyl sites for hydroxylation is 1. The third-order valence-electron chi connectivity index (χ3n) is 0.602. The first-order valence-corrected chi connectivity index (χ1v) is 2.77. The molecule has 0 radical (unpaired) electrons. The molecule has 0 spiro atoms. The minimum Gasteiger partial charge on any atom is -0.412 e. The Hall–Kier alpha value is -0.790. The van der Waals surface area contributed by atoms with Gasteiger partial charge in [0.2, 0.25) is 6.20 Å². The van der Waals surface area contributed by atoms with E-state index in [4.69, 9.17) is 0 Å². The van der Waals surface area contributed by atoms with Crippen molar-refractivity contribution in [1.82, 2.24) is 0 Å². The van der Waals surface area contributed by atoms with Crippen LogP contribution >= 0.6 is 0 Å². The molecule has 0 aliphatic rings. The summed E-state index contributed by atoms with van der Waals surface area (Å²) in [6, 6.07) is 0. The van der Waals surface area contributed by atoms with Crippen molar-refractivity contribution < 1.29 is 8.98 Å². The molecule has 0 saturated heterocycles. The molecule has 0 bridgehead atoms. The fourth-order valence-electron chi connectivity index (χ4n) is 0.297. The Balaban J connectivity index is 0.000000222. The maximum absolute atomic E-state index is 4.68. The molecule has 0 aromatic carbocycles. The molecular weight excluding hydrogens is 102 g/mol. The molecule has 0 unspecified atom stereocenters. The molecule has 0 aliphatic heterocycles. The van der Waals surface area contributed by atoms with E-state index in [-0.39, 0.29) is 0 Å². The van der Waals surface area contributed by atoms with Gasteiger partial charge in [-0.25, -0.2) is 0 Å². The quantitative estimate of drug-likeness (QED) is 0.462. The van der Waals surface area contributed by atoms with Gasteiger partial charge in [0, 0.05) is 0 Å². The van der Waals surface area contributed by atoms with Gasteiger partial charge in [-0.1, -0.05) is 13.8 Å². The zero-order chi connectivity index (χ0) is 6.41. The van der Waals surface area contributed by atoms with Gasteiger partial charge in [0.1, 0.15) is 7.05 Å². The molecule has 0 fully saturated rings.